The van der Waals surface area contributed by atoms with Gasteiger partial charge in [-0.25, -0.2) is 4.79 Å². The number of esters is 1. The highest BCUT2D eigenvalue weighted by atomic mass is 16.5. The summed E-state index contributed by atoms with van der Waals surface area (Å²) in [6.45, 7) is 5.78. The molecule has 1 aromatic heterocycles. The van der Waals surface area contributed by atoms with Crippen LogP contribution in [-0.2, 0) is 16.0 Å². The zero-order valence-electron chi connectivity index (χ0n) is 18.0. The Balaban J connectivity index is 1.70. The maximum absolute atomic E-state index is 12.8. The predicted molar refractivity (Wildman–Crippen MR) is 119 cm³/mol. The normalized spacial score (nSPS) is 10.5. The SMILES string of the molecule is CCOC(=O)c1[nH]c(C)c(CCC(=O)Nc2ccccc2C(=O)c2ccccc2)c1C. The summed E-state index contributed by atoms with van der Waals surface area (Å²) in [5, 5.41) is 2.86. The topological polar surface area (TPSA) is 88.3 Å². The third-order valence-corrected chi connectivity index (χ3v) is 5.16. The van der Waals surface area contributed by atoms with Crippen LogP contribution in [0, 0.1) is 13.8 Å². The van der Waals surface area contributed by atoms with Crippen molar-refractivity contribution >= 4 is 23.3 Å². The number of carbonyl (C=O) groups is 3. The molecule has 0 aliphatic carbocycles. The van der Waals surface area contributed by atoms with E-state index in [1.807, 2.05) is 19.9 Å². The van der Waals surface area contributed by atoms with Gasteiger partial charge < -0.3 is 15.0 Å². The molecule has 6 heteroatoms. The first-order valence-electron chi connectivity index (χ1n) is 10.3. The summed E-state index contributed by atoms with van der Waals surface area (Å²) in [7, 11) is 0. The van der Waals surface area contributed by atoms with Gasteiger partial charge in [-0.15, -0.1) is 0 Å². The number of ether oxygens (including phenoxy) is 1. The van der Waals surface area contributed by atoms with Crippen molar-refractivity contribution in [3.05, 3.63) is 88.2 Å². The van der Waals surface area contributed by atoms with Crippen LogP contribution in [0.25, 0.3) is 0 Å². The molecule has 1 amide bonds. The molecule has 0 aliphatic heterocycles. The van der Waals surface area contributed by atoms with Crippen molar-refractivity contribution in [3.8, 4) is 0 Å². The van der Waals surface area contributed by atoms with Gasteiger partial charge in [0.05, 0.1) is 12.3 Å². The molecular weight excluding hydrogens is 392 g/mol. The van der Waals surface area contributed by atoms with Crippen LogP contribution in [0.2, 0.25) is 0 Å². The van der Waals surface area contributed by atoms with E-state index in [1.54, 1.807) is 55.5 Å². The molecule has 3 aromatic rings. The highest BCUT2D eigenvalue weighted by molar-refractivity contribution is 6.13. The Kier molecular flexibility index (Phi) is 7.03. The van der Waals surface area contributed by atoms with Crippen molar-refractivity contribution in [2.75, 3.05) is 11.9 Å². The summed E-state index contributed by atoms with van der Waals surface area (Å²) in [5.41, 5.74) is 4.47. The molecule has 0 aliphatic rings. The van der Waals surface area contributed by atoms with Crippen LogP contribution in [0.5, 0.6) is 0 Å². The molecule has 0 radical (unpaired) electrons. The van der Waals surface area contributed by atoms with Crippen molar-refractivity contribution in [2.24, 2.45) is 0 Å². The van der Waals surface area contributed by atoms with Gasteiger partial charge in [0.25, 0.3) is 0 Å². The second kappa shape index (κ2) is 9.89. The highest BCUT2D eigenvalue weighted by Crippen LogP contribution is 2.22. The van der Waals surface area contributed by atoms with E-state index < -0.39 is 5.97 Å². The van der Waals surface area contributed by atoms with Gasteiger partial charge in [-0.3, -0.25) is 9.59 Å². The minimum atomic E-state index is -0.396. The van der Waals surface area contributed by atoms with Crippen molar-refractivity contribution in [1.82, 2.24) is 4.98 Å². The average Bonchev–Trinajstić information content (AvgIpc) is 3.06. The standard InChI is InChI=1S/C25H26N2O4/c1-4-31-25(30)23-16(2)19(17(3)26-23)14-15-22(28)27-21-13-9-8-12-20(21)24(29)18-10-6-5-7-11-18/h5-13,26H,4,14-15H2,1-3H3,(H,27,28). The highest BCUT2D eigenvalue weighted by Gasteiger charge is 2.19. The third-order valence-electron chi connectivity index (χ3n) is 5.16. The Hall–Kier alpha value is -3.67. The molecule has 0 bridgehead atoms. The van der Waals surface area contributed by atoms with Crippen molar-refractivity contribution in [3.63, 3.8) is 0 Å². The van der Waals surface area contributed by atoms with Gasteiger partial charge in [-0.2, -0.15) is 0 Å². The van der Waals surface area contributed by atoms with Crippen LogP contribution in [0.15, 0.2) is 54.6 Å². The fourth-order valence-electron chi connectivity index (χ4n) is 3.56. The first-order valence-corrected chi connectivity index (χ1v) is 10.3. The van der Waals surface area contributed by atoms with E-state index in [0.29, 0.717) is 35.5 Å². The molecule has 0 saturated heterocycles. The largest absolute Gasteiger partial charge is 0.461 e. The number of rotatable bonds is 8. The number of carbonyl (C=O) groups excluding carboxylic acids is 3. The van der Waals surface area contributed by atoms with Crippen LogP contribution < -0.4 is 5.32 Å². The summed E-state index contributed by atoms with van der Waals surface area (Å²) < 4.78 is 5.07. The lowest BCUT2D eigenvalue weighted by atomic mass is 10.0. The zero-order chi connectivity index (χ0) is 22.4. The molecule has 0 spiro atoms. The third kappa shape index (κ3) is 5.09. The van der Waals surface area contributed by atoms with Gasteiger partial charge in [0.1, 0.15) is 5.69 Å². The second-order valence-electron chi connectivity index (χ2n) is 7.24. The van der Waals surface area contributed by atoms with E-state index in [1.165, 1.54) is 0 Å². The Bertz CT molecular complexity index is 1100. The minimum Gasteiger partial charge on any atom is -0.461 e. The van der Waals surface area contributed by atoms with E-state index in [2.05, 4.69) is 10.3 Å². The molecule has 3 rings (SSSR count). The maximum atomic E-state index is 12.8. The number of aromatic nitrogens is 1. The van der Waals surface area contributed by atoms with Gasteiger partial charge in [-0.05, 0) is 50.5 Å². The number of para-hydroxylation sites is 1. The Labute approximate surface area is 181 Å². The smallest absolute Gasteiger partial charge is 0.355 e. The first kappa shape index (κ1) is 22.0. The van der Waals surface area contributed by atoms with Crippen LogP contribution >= 0.6 is 0 Å². The Morgan fingerprint density at radius 1 is 0.968 bits per heavy atom. The van der Waals surface area contributed by atoms with Crippen molar-refractivity contribution < 1.29 is 19.1 Å². The van der Waals surface area contributed by atoms with E-state index in [-0.39, 0.29) is 18.1 Å². The molecule has 2 aromatic carbocycles. The number of H-pyrrole nitrogens is 1. The van der Waals surface area contributed by atoms with Crippen LogP contribution in [0.1, 0.15) is 56.6 Å². The van der Waals surface area contributed by atoms with E-state index in [9.17, 15) is 14.4 Å². The summed E-state index contributed by atoms with van der Waals surface area (Å²) in [6, 6.07) is 15.9. The lowest BCUT2D eigenvalue weighted by molar-refractivity contribution is -0.116. The number of aromatic amines is 1. The van der Waals surface area contributed by atoms with E-state index >= 15 is 0 Å². The van der Waals surface area contributed by atoms with Crippen molar-refractivity contribution in [1.29, 1.82) is 0 Å². The summed E-state index contributed by atoms with van der Waals surface area (Å²) >= 11 is 0. The zero-order valence-corrected chi connectivity index (χ0v) is 18.0. The fraction of sp³-hybridized carbons (Fsp3) is 0.240. The monoisotopic (exact) mass is 418 g/mol. The van der Waals surface area contributed by atoms with E-state index in [0.717, 1.165) is 16.8 Å². The van der Waals surface area contributed by atoms with Gasteiger partial charge in [-0.1, -0.05) is 42.5 Å². The number of aryl methyl sites for hydroxylation is 1. The van der Waals surface area contributed by atoms with Crippen LogP contribution in [0.4, 0.5) is 5.69 Å². The maximum Gasteiger partial charge on any atom is 0.355 e. The quantitative estimate of drug-likeness (QED) is 0.413. The average molecular weight is 418 g/mol. The first-order chi connectivity index (χ1) is 14.9. The molecule has 2 N–H and O–H groups in total. The number of amides is 1. The summed E-state index contributed by atoms with van der Waals surface area (Å²) in [6.07, 6.45) is 0.684. The predicted octanol–water partition coefficient (Wildman–Crippen LogP) is 4.61. The van der Waals surface area contributed by atoms with Gasteiger partial charge in [0.15, 0.2) is 5.78 Å². The molecule has 0 atom stereocenters. The Morgan fingerprint density at radius 2 is 1.65 bits per heavy atom. The number of hydrogen-bond acceptors (Lipinski definition) is 4. The van der Waals surface area contributed by atoms with Gasteiger partial charge in [0.2, 0.25) is 5.91 Å². The molecule has 160 valence electrons. The molecule has 6 nitrogen and oxygen atoms in total. The molecule has 0 unspecified atom stereocenters. The van der Waals surface area contributed by atoms with Gasteiger partial charge >= 0.3 is 5.97 Å². The molecule has 1 heterocycles. The number of anilines is 1. The minimum absolute atomic E-state index is 0.145. The molecule has 0 fully saturated rings. The van der Waals surface area contributed by atoms with Crippen molar-refractivity contribution in [2.45, 2.75) is 33.6 Å². The lowest BCUT2D eigenvalue weighted by Crippen LogP contribution is -2.16. The number of benzene rings is 2. The molecule has 31 heavy (non-hydrogen) atoms. The number of nitrogens with one attached hydrogen (secondary N) is 2. The fourth-order valence-corrected chi connectivity index (χ4v) is 3.56. The molecular formula is C25H26N2O4. The van der Waals surface area contributed by atoms with Gasteiger partial charge in [0, 0.05) is 23.2 Å². The van der Waals surface area contributed by atoms with E-state index in [4.69, 9.17) is 4.74 Å². The second-order valence-corrected chi connectivity index (χ2v) is 7.24. The Morgan fingerprint density at radius 3 is 2.35 bits per heavy atom. The summed E-state index contributed by atoms with van der Waals surface area (Å²) in [5.74, 6) is -0.744. The molecule has 0 saturated carbocycles. The van der Waals surface area contributed by atoms with Crippen LogP contribution in [-0.4, -0.2) is 29.3 Å². The summed E-state index contributed by atoms with van der Waals surface area (Å²) in [4.78, 5) is 40.6. The van der Waals surface area contributed by atoms with Crippen LogP contribution in [0.3, 0.4) is 0 Å². The lowest BCUT2D eigenvalue weighted by Gasteiger charge is -2.11. The number of hydrogen-bond donors (Lipinski definition) is 2. The number of ketones is 1.